The largest absolute Gasteiger partial charge is 0.351 e. The fraction of sp³-hybridized carbons (Fsp3) is 0.211. The van der Waals surface area contributed by atoms with Gasteiger partial charge in [0, 0.05) is 31.3 Å². The summed E-state index contributed by atoms with van der Waals surface area (Å²) in [6.45, 7) is -0.105. The number of anilines is 1. The smallest absolute Gasteiger partial charge is 0.254 e. The van der Waals surface area contributed by atoms with E-state index in [2.05, 4.69) is 5.32 Å². The third-order valence-electron chi connectivity index (χ3n) is 4.40. The van der Waals surface area contributed by atoms with Crippen molar-refractivity contribution in [2.24, 2.45) is 0 Å². The summed E-state index contributed by atoms with van der Waals surface area (Å²) < 4.78 is 39.7. The predicted octanol–water partition coefficient (Wildman–Crippen LogP) is 2.63. The van der Waals surface area contributed by atoms with E-state index in [1.54, 1.807) is 25.2 Å². The van der Waals surface area contributed by atoms with Crippen molar-refractivity contribution in [3.63, 3.8) is 0 Å². The zero-order valence-corrected chi connectivity index (χ0v) is 14.3. The van der Waals surface area contributed by atoms with E-state index in [0.29, 0.717) is 11.6 Å². The Bertz CT molecular complexity index is 959. The molecule has 0 fully saturated rings. The van der Waals surface area contributed by atoms with Gasteiger partial charge in [-0.05, 0) is 35.9 Å². The van der Waals surface area contributed by atoms with E-state index in [9.17, 15) is 27.6 Å². The first kappa shape index (κ1) is 18.6. The van der Waals surface area contributed by atoms with Crippen molar-refractivity contribution in [2.45, 2.75) is 12.8 Å². The van der Waals surface area contributed by atoms with Gasteiger partial charge in [-0.2, -0.15) is 0 Å². The third-order valence-corrected chi connectivity index (χ3v) is 4.40. The van der Waals surface area contributed by atoms with Crippen LogP contribution in [0, 0.1) is 17.5 Å². The Hall–Kier alpha value is -3.16. The average molecular weight is 376 g/mol. The van der Waals surface area contributed by atoms with Crippen molar-refractivity contribution >= 4 is 23.3 Å². The topological polar surface area (TPSA) is 66.5 Å². The Morgan fingerprint density at radius 2 is 1.85 bits per heavy atom. The number of hydrogen-bond acceptors (Lipinski definition) is 3. The minimum atomic E-state index is -1.73. The van der Waals surface area contributed by atoms with Gasteiger partial charge in [0.25, 0.3) is 5.91 Å². The Morgan fingerprint density at radius 3 is 2.59 bits per heavy atom. The van der Waals surface area contributed by atoms with Crippen LogP contribution in [0.15, 0.2) is 30.3 Å². The van der Waals surface area contributed by atoms with Crippen LogP contribution in [0.25, 0.3) is 0 Å². The molecule has 5 nitrogen and oxygen atoms in total. The summed E-state index contributed by atoms with van der Waals surface area (Å²) >= 11 is 0. The molecule has 0 saturated carbocycles. The Morgan fingerprint density at radius 1 is 1.11 bits per heavy atom. The lowest BCUT2D eigenvalue weighted by Gasteiger charge is -2.10. The van der Waals surface area contributed by atoms with E-state index < -0.39 is 28.9 Å². The number of amides is 2. The van der Waals surface area contributed by atoms with Crippen LogP contribution < -0.4 is 10.2 Å². The van der Waals surface area contributed by atoms with Crippen molar-refractivity contribution in [3.8, 4) is 0 Å². The van der Waals surface area contributed by atoms with E-state index in [0.717, 1.165) is 17.3 Å². The number of benzene rings is 2. The number of nitrogens with one attached hydrogen (secondary N) is 1. The van der Waals surface area contributed by atoms with Crippen molar-refractivity contribution in [3.05, 3.63) is 64.5 Å². The zero-order chi connectivity index (χ0) is 19.7. The molecule has 2 amide bonds. The highest BCUT2D eigenvalue weighted by atomic mass is 19.2. The summed E-state index contributed by atoms with van der Waals surface area (Å²) in [5.74, 6) is -5.97. The van der Waals surface area contributed by atoms with E-state index >= 15 is 0 Å². The molecule has 1 heterocycles. The number of ketones is 1. The van der Waals surface area contributed by atoms with Gasteiger partial charge in [0.15, 0.2) is 23.2 Å². The molecule has 2 aromatic rings. The number of hydrogen-bond donors (Lipinski definition) is 1. The van der Waals surface area contributed by atoms with Gasteiger partial charge in [-0.1, -0.05) is 0 Å². The van der Waals surface area contributed by atoms with Crippen LogP contribution in [0.2, 0.25) is 0 Å². The number of fused-ring (bicyclic) bond motifs is 1. The molecule has 0 saturated heterocycles. The summed E-state index contributed by atoms with van der Waals surface area (Å²) in [7, 11) is 1.66. The number of Topliss-reactive ketones (excluding diaryl/α,β-unsaturated/α-hetero) is 1. The van der Waals surface area contributed by atoms with Crippen LogP contribution in [0.4, 0.5) is 18.9 Å². The predicted molar refractivity (Wildman–Crippen MR) is 91.2 cm³/mol. The summed E-state index contributed by atoms with van der Waals surface area (Å²) in [5, 5.41) is 2.30. The lowest BCUT2D eigenvalue weighted by Crippen LogP contribution is -2.27. The molecule has 1 N–H and O–H groups in total. The standard InChI is InChI=1S/C19H15F3N2O3/c1-24-14-5-2-10(8-11(14)9-16(24)26)15(25)6-7-23-19(27)12-3-4-13(20)18(22)17(12)21/h2-5,8H,6-7,9H2,1H3,(H,23,27). The van der Waals surface area contributed by atoms with Gasteiger partial charge in [0.05, 0.1) is 12.0 Å². The Kier molecular flexibility index (Phi) is 4.98. The average Bonchev–Trinajstić information content (AvgIpc) is 2.93. The second kappa shape index (κ2) is 7.22. The summed E-state index contributed by atoms with van der Waals surface area (Å²) in [4.78, 5) is 37.3. The molecule has 2 aromatic carbocycles. The highest BCUT2D eigenvalue weighted by molar-refractivity contribution is 6.03. The molecule has 0 spiro atoms. The van der Waals surface area contributed by atoms with Crippen LogP contribution in [-0.4, -0.2) is 31.2 Å². The maximum atomic E-state index is 13.6. The zero-order valence-electron chi connectivity index (χ0n) is 14.3. The quantitative estimate of drug-likeness (QED) is 0.645. The van der Waals surface area contributed by atoms with Crippen LogP contribution in [-0.2, 0) is 11.2 Å². The highest BCUT2D eigenvalue weighted by Gasteiger charge is 2.25. The second-order valence-corrected chi connectivity index (χ2v) is 6.13. The molecule has 1 aliphatic rings. The van der Waals surface area contributed by atoms with Gasteiger partial charge >= 0.3 is 0 Å². The van der Waals surface area contributed by atoms with Gasteiger partial charge in [0.1, 0.15) is 0 Å². The van der Waals surface area contributed by atoms with Gasteiger partial charge in [-0.3, -0.25) is 14.4 Å². The van der Waals surface area contributed by atoms with Crippen LogP contribution in [0.5, 0.6) is 0 Å². The fourth-order valence-electron chi connectivity index (χ4n) is 2.87. The summed E-state index contributed by atoms with van der Waals surface area (Å²) in [6.07, 6.45) is 0.151. The fourth-order valence-corrected chi connectivity index (χ4v) is 2.87. The van der Waals surface area contributed by atoms with Crippen molar-refractivity contribution in [1.29, 1.82) is 0 Å². The lowest BCUT2D eigenvalue weighted by molar-refractivity contribution is -0.117. The Labute approximate surface area is 152 Å². The molecule has 0 unspecified atom stereocenters. The minimum Gasteiger partial charge on any atom is -0.351 e. The number of likely N-dealkylation sites (N-methyl/N-ethyl adjacent to an activating group) is 1. The molecule has 140 valence electrons. The maximum absolute atomic E-state index is 13.6. The molecule has 0 atom stereocenters. The second-order valence-electron chi connectivity index (χ2n) is 6.13. The SMILES string of the molecule is CN1C(=O)Cc2cc(C(=O)CCNC(=O)c3ccc(F)c(F)c3F)ccc21. The van der Waals surface area contributed by atoms with E-state index in [1.807, 2.05) is 0 Å². The number of carbonyl (C=O) groups is 3. The number of nitrogens with zero attached hydrogens (tertiary/aromatic N) is 1. The third kappa shape index (κ3) is 3.55. The van der Waals surface area contributed by atoms with Crippen molar-refractivity contribution < 1.29 is 27.6 Å². The van der Waals surface area contributed by atoms with Gasteiger partial charge < -0.3 is 10.2 Å². The van der Waals surface area contributed by atoms with Crippen LogP contribution >= 0.6 is 0 Å². The molecule has 0 aromatic heterocycles. The maximum Gasteiger partial charge on any atom is 0.254 e. The van der Waals surface area contributed by atoms with E-state index in [4.69, 9.17) is 0 Å². The molecule has 0 bridgehead atoms. The lowest BCUT2D eigenvalue weighted by atomic mass is 10.0. The molecule has 3 rings (SSSR count). The van der Waals surface area contributed by atoms with Gasteiger partial charge in [-0.15, -0.1) is 0 Å². The molecule has 0 radical (unpaired) electrons. The van der Waals surface area contributed by atoms with Crippen LogP contribution in [0.1, 0.15) is 32.7 Å². The van der Waals surface area contributed by atoms with Crippen molar-refractivity contribution in [1.82, 2.24) is 5.32 Å². The first-order valence-electron chi connectivity index (χ1n) is 8.14. The molecule has 8 heteroatoms. The molecular formula is C19H15F3N2O3. The molecule has 1 aliphatic heterocycles. The first-order valence-corrected chi connectivity index (χ1v) is 8.14. The molecule has 27 heavy (non-hydrogen) atoms. The Balaban J connectivity index is 1.61. The molecule has 0 aliphatic carbocycles. The number of carbonyl (C=O) groups excluding carboxylic acids is 3. The monoisotopic (exact) mass is 376 g/mol. The number of halogens is 3. The number of rotatable bonds is 5. The van der Waals surface area contributed by atoms with Crippen molar-refractivity contribution in [2.75, 3.05) is 18.5 Å². The summed E-state index contributed by atoms with van der Waals surface area (Å²) in [6, 6.07) is 6.39. The van der Waals surface area contributed by atoms with E-state index in [1.165, 1.54) is 4.90 Å². The van der Waals surface area contributed by atoms with Gasteiger partial charge in [0.2, 0.25) is 5.91 Å². The van der Waals surface area contributed by atoms with Crippen LogP contribution in [0.3, 0.4) is 0 Å². The molecular weight excluding hydrogens is 361 g/mol. The van der Waals surface area contributed by atoms with Gasteiger partial charge in [-0.25, -0.2) is 13.2 Å². The first-order chi connectivity index (χ1) is 12.8. The summed E-state index contributed by atoms with van der Waals surface area (Å²) in [5.41, 5.74) is 1.26. The highest BCUT2D eigenvalue weighted by Crippen LogP contribution is 2.28. The normalized spacial score (nSPS) is 12.9. The van der Waals surface area contributed by atoms with E-state index in [-0.39, 0.29) is 31.1 Å². The minimum absolute atomic E-state index is 0.0598.